The summed E-state index contributed by atoms with van der Waals surface area (Å²) in [7, 11) is 0. The molecule has 0 amide bonds. The topological polar surface area (TPSA) is 35.5 Å². The zero-order chi connectivity index (χ0) is 17.0. The molecule has 0 N–H and O–H groups in total. The van der Waals surface area contributed by atoms with Gasteiger partial charge in [0.15, 0.2) is 0 Å². The van der Waals surface area contributed by atoms with Crippen LogP contribution in [0.3, 0.4) is 0 Å². The third kappa shape index (κ3) is 2.80. The van der Waals surface area contributed by atoms with Crippen LogP contribution < -0.4 is 0 Å². The maximum absolute atomic E-state index is 12.3. The molecule has 0 fully saturated rings. The summed E-state index contributed by atoms with van der Waals surface area (Å²) in [6.07, 6.45) is 0. The Morgan fingerprint density at radius 1 is 1.00 bits per heavy atom. The Labute approximate surface area is 142 Å². The van der Waals surface area contributed by atoms with E-state index >= 15 is 0 Å². The summed E-state index contributed by atoms with van der Waals surface area (Å²) < 4.78 is 13.3. The molecule has 1 aliphatic rings. The molecule has 1 heterocycles. The van der Waals surface area contributed by atoms with Crippen LogP contribution in [0.2, 0.25) is 0 Å². The molecule has 0 aliphatic carbocycles. The third-order valence-corrected chi connectivity index (χ3v) is 8.91. The first-order valence-electron chi connectivity index (χ1n) is 7.61. The second-order valence-corrected chi connectivity index (χ2v) is 10.8. The Bertz CT molecular complexity index is 639. The normalized spacial score (nSPS) is 18.3. The van der Waals surface area contributed by atoms with E-state index in [-0.39, 0.29) is 11.6 Å². The van der Waals surface area contributed by atoms with Gasteiger partial charge in [0.2, 0.25) is 0 Å². The van der Waals surface area contributed by atoms with Crippen LogP contribution in [0.1, 0.15) is 62.4 Å². The Hall–Kier alpha value is -0.620. The molecule has 0 bridgehead atoms. The molecule has 0 saturated heterocycles. The molecule has 0 unspecified atom stereocenters. The minimum atomic E-state index is -2.43. The molecular formula is C18H27IO3. The molecule has 0 saturated carbocycles. The van der Waals surface area contributed by atoms with E-state index < -0.39 is 26.1 Å². The van der Waals surface area contributed by atoms with Gasteiger partial charge in [0, 0.05) is 0 Å². The van der Waals surface area contributed by atoms with Gasteiger partial charge in [-0.05, 0) is 0 Å². The molecule has 1 aliphatic heterocycles. The van der Waals surface area contributed by atoms with E-state index in [1.54, 1.807) is 0 Å². The van der Waals surface area contributed by atoms with Crippen molar-refractivity contribution < 1.29 is 10.9 Å². The second kappa shape index (κ2) is 5.48. The summed E-state index contributed by atoms with van der Waals surface area (Å²) in [6.45, 7) is 18.4. The number of fused-ring (bicyclic) bond motifs is 1. The molecule has 3 nitrogen and oxygen atoms in total. The fourth-order valence-electron chi connectivity index (χ4n) is 2.66. The van der Waals surface area contributed by atoms with Crippen LogP contribution in [0.25, 0.3) is 0 Å². The first kappa shape index (κ1) is 17.7. The van der Waals surface area contributed by atoms with Crippen LogP contribution in [-0.4, -0.2) is 5.97 Å². The Morgan fingerprint density at radius 2 is 1.50 bits per heavy atom. The summed E-state index contributed by atoms with van der Waals surface area (Å²) in [5.41, 5.74) is 5.45. The van der Waals surface area contributed by atoms with E-state index in [0.29, 0.717) is 0 Å². The third-order valence-electron chi connectivity index (χ3n) is 4.38. The van der Waals surface area contributed by atoms with Crippen molar-refractivity contribution in [1.29, 1.82) is 0 Å². The molecule has 22 heavy (non-hydrogen) atoms. The van der Waals surface area contributed by atoms with Crippen molar-refractivity contribution in [3.8, 4) is 0 Å². The van der Waals surface area contributed by atoms with Crippen molar-refractivity contribution in [2.24, 2.45) is 5.41 Å². The van der Waals surface area contributed by atoms with Crippen molar-refractivity contribution in [3.63, 3.8) is 0 Å². The first-order valence-corrected chi connectivity index (χ1v) is 10.5. The van der Waals surface area contributed by atoms with Crippen LogP contribution in [0.5, 0.6) is 0 Å². The molecule has 2 rings (SSSR count). The maximum atomic E-state index is 12.3. The zero-order valence-corrected chi connectivity index (χ0v) is 17.3. The number of carbonyl (C=O) groups is 1. The summed E-state index contributed by atoms with van der Waals surface area (Å²) in [4.78, 5) is 12.3. The van der Waals surface area contributed by atoms with Crippen molar-refractivity contribution in [1.82, 2.24) is 0 Å². The van der Waals surface area contributed by atoms with E-state index in [1.807, 2.05) is 20.8 Å². The van der Waals surface area contributed by atoms with Gasteiger partial charge in [0.1, 0.15) is 0 Å². The fraction of sp³-hybridized carbons (Fsp3) is 0.611. The van der Waals surface area contributed by atoms with Crippen LogP contribution >= 0.6 is 20.6 Å². The van der Waals surface area contributed by atoms with Gasteiger partial charge >= 0.3 is 142 Å². The molecule has 0 spiro atoms. The summed E-state index contributed by atoms with van der Waals surface area (Å²) >= 11 is -2.43. The van der Waals surface area contributed by atoms with Gasteiger partial charge in [-0.3, -0.25) is 0 Å². The predicted octanol–water partition coefficient (Wildman–Crippen LogP) is 5.28. The van der Waals surface area contributed by atoms with E-state index in [0.717, 1.165) is 0 Å². The van der Waals surface area contributed by atoms with Crippen LogP contribution in [-0.2, 0) is 16.5 Å². The van der Waals surface area contributed by atoms with Crippen molar-refractivity contribution in [2.45, 2.75) is 67.9 Å². The zero-order valence-electron chi connectivity index (χ0n) is 15.1. The summed E-state index contributed by atoms with van der Waals surface area (Å²) in [6, 6.07) is 0. The number of hydrogen-bond acceptors (Lipinski definition) is 3. The second-order valence-electron chi connectivity index (χ2n) is 7.61. The average Bonchev–Trinajstić information content (AvgIpc) is 2.63. The van der Waals surface area contributed by atoms with Crippen LogP contribution in [0, 0.1) is 36.7 Å². The van der Waals surface area contributed by atoms with Gasteiger partial charge < -0.3 is 0 Å². The first-order chi connectivity index (χ1) is 9.88. The SMILES string of the molecule is Cc1c(C)c(C)c2c(c1C)I(OC(=O)C(C)(C)C)OC2(C)C. The molecular weight excluding hydrogens is 391 g/mol. The Morgan fingerprint density at radius 3 is 2.00 bits per heavy atom. The average molecular weight is 418 g/mol. The molecule has 124 valence electrons. The predicted molar refractivity (Wildman–Crippen MR) is 97.8 cm³/mol. The molecule has 0 atom stereocenters. The molecule has 1 aromatic carbocycles. The monoisotopic (exact) mass is 418 g/mol. The summed E-state index contributed by atoms with van der Waals surface area (Å²) in [5, 5.41) is 0. The number of hydrogen-bond donors (Lipinski definition) is 0. The molecule has 1 aromatic rings. The summed E-state index contributed by atoms with van der Waals surface area (Å²) in [5.74, 6) is -0.170. The van der Waals surface area contributed by atoms with Crippen LogP contribution in [0.4, 0.5) is 0 Å². The number of benzene rings is 1. The standard InChI is InChI=1S/C18H27IO3/c1-10-11(2)13(4)15-14(12(10)3)18(8,9)22-19(15)21-16(20)17(5,6)7/h1-9H3. The van der Waals surface area contributed by atoms with Crippen molar-refractivity contribution in [3.05, 3.63) is 31.4 Å². The van der Waals surface area contributed by atoms with Crippen molar-refractivity contribution >= 4 is 26.6 Å². The van der Waals surface area contributed by atoms with Gasteiger partial charge in [-0.1, -0.05) is 0 Å². The van der Waals surface area contributed by atoms with Gasteiger partial charge in [-0.2, -0.15) is 0 Å². The minimum absolute atomic E-state index is 0.170. The number of halogens is 1. The van der Waals surface area contributed by atoms with E-state index in [4.69, 9.17) is 6.13 Å². The van der Waals surface area contributed by atoms with E-state index in [1.165, 1.54) is 31.4 Å². The fourth-order valence-corrected chi connectivity index (χ4v) is 8.00. The van der Waals surface area contributed by atoms with E-state index in [2.05, 4.69) is 41.5 Å². The quantitative estimate of drug-likeness (QED) is 0.582. The Balaban J connectivity index is 2.57. The van der Waals surface area contributed by atoms with E-state index in [9.17, 15) is 4.79 Å². The number of rotatable bonds is 1. The van der Waals surface area contributed by atoms with Gasteiger partial charge in [0.05, 0.1) is 0 Å². The number of carbonyl (C=O) groups excluding carboxylic acids is 1. The molecule has 0 aromatic heterocycles. The van der Waals surface area contributed by atoms with Gasteiger partial charge in [-0.15, -0.1) is 0 Å². The molecule has 0 radical (unpaired) electrons. The van der Waals surface area contributed by atoms with Gasteiger partial charge in [0.25, 0.3) is 0 Å². The van der Waals surface area contributed by atoms with Crippen LogP contribution in [0.15, 0.2) is 0 Å². The van der Waals surface area contributed by atoms with Gasteiger partial charge in [-0.25, -0.2) is 0 Å². The molecule has 4 heteroatoms. The Kier molecular flexibility index (Phi) is 4.41. The van der Waals surface area contributed by atoms with Crippen molar-refractivity contribution in [2.75, 3.05) is 0 Å².